The van der Waals surface area contributed by atoms with Crippen LogP contribution in [0.15, 0.2) is 30.6 Å². The van der Waals surface area contributed by atoms with Gasteiger partial charge in [-0.15, -0.1) is 0 Å². The molecule has 2 aromatic rings. The Bertz CT molecular complexity index is 541. The molecule has 20 heavy (non-hydrogen) atoms. The first kappa shape index (κ1) is 14.2. The molecule has 106 valence electrons. The summed E-state index contributed by atoms with van der Waals surface area (Å²) in [6.45, 7) is 4.88. The molecule has 0 amide bonds. The lowest BCUT2D eigenvalue weighted by Crippen LogP contribution is -2.14. The van der Waals surface area contributed by atoms with E-state index in [2.05, 4.69) is 45.6 Å². The van der Waals surface area contributed by atoms with Crippen molar-refractivity contribution < 1.29 is 0 Å². The molecule has 0 aliphatic carbocycles. The summed E-state index contributed by atoms with van der Waals surface area (Å²) < 4.78 is 0. The van der Waals surface area contributed by atoms with E-state index in [0.29, 0.717) is 5.82 Å². The largest absolute Gasteiger partial charge is 0.370 e. The average molecular weight is 272 g/mol. The number of rotatable bonds is 6. The molecule has 0 saturated carbocycles. The molecular formula is C14H20N6. The number of nitrogens with one attached hydrogen (secondary N) is 2. The first-order chi connectivity index (χ1) is 9.69. The molecule has 0 aliphatic rings. The Hall–Kier alpha value is -2.21. The Balaban J connectivity index is 2.00. The summed E-state index contributed by atoms with van der Waals surface area (Å²) in [5.41, 5.74) is 3.76. The van der Waals surface area contributed by atoms with Crippen LogP contribution >= 0.6 is 0 Å². The Morgan fingerprint density at radius 1 is 1.25 bits per heavy atom. The second kappa shape index (κ2) is 6.81. The van der Waals surface area contributed by atoms with Crippen LogP contribution in [0.1, 0.15) is 31.2 Å². The van der Waals surface area contributed by atoms with Gasteiger partial charge in [0.15, 0.2) is 0 Å². The molecule has 0 saturated heterocycles. The molecule has 0 atom stereocenters. The predicted molar refractivity (Wildman–Crippen MR) is 80.4 cm³/mol. The van der Waals surface area contributed by atoms with Crippen molar-refractivity contribution in [3.63, 3.8) is 0 Å². The van der Waals surface area contributed by atoms with Crippen LogP contribution in [0.25, 0.3) is 0 Å². The number of nitrogen functional groups attached to an aromatic ring is 1. The fourth-order valence-corrected chi connectivity index (χ4v) is 1.77. The third-order valence-corrected chi connectivity index (χ3v) is 2.85. The normalized spacial score (nSPS) is 10.6. The maximum absolute atomic E-state index is 5.43. The zero-order chi connectivity index (χ0) is 14.4. The maximum atomic E-state index is 5.43. The van der Waals surface area contributed by atoms with Crippen LogP contribution < -0.4 is 16.6 Å². The van der Waals surface area contributed by atoms with Crippen molar-refractivity contribution >= 4 is 11.6 Å². The number of nitrogens with two attached hydrogens (primary N) is 1. The minimum Gasteiger partial charge on any atom is -0.370 e. The van der Waals surface area contributed by atoms with E-state index in [1.54, 1.807) is 12.3 Å². The van der Waals surface area contributed by atoms with Gasteiger partial charge in [-0.1, -0.05) is 19.9 Å². The second-order valence-corrected chi connectivity index (χ2v) is 4.83. The van der Waals surface area contributed by atoms with Gasteiger partial charge in [0, 0.05) is 30.9 Å². The number of aromatic nitrogens is 3. The summed E-state index contributed by atoms with van der Waals surface area (Å²) in [7, 11) is 0. The Morgan fingerprint density at radius 2 is 2.05 bits per heavy atom. The monoisotopic (exact) mass is 272 g/mol. The highest BCUT2D eigenvalue weighted by Crippen LogP contribution is 2.16. The van der Waals surface area contributed by atoms with E-state index >= 15 is 0 Å². The van der Waals surface area contributed by atoms with E-state index in [0.717, 1.165) is 24.6 Å². The third kappa shape index (κ3) is 3.89. The molecule has 0 spiro atoms. The maximum Gasteiger partial charge on any atom is 0.145 e. The SMILES string of the molecule is CC(C)c1nc(NN)cc(NCCc2cccnc2)n1. The molecule has 2 heterocycles. The van der Waals surface area contributed by atoms with Crippen molar-refractivity contribution in [3.05, 3.63) is 42.0 Å². The van der Waals surface area contributed by atoms with E-state index in [1.165, 1.54) is 5.56 Å². The summed E-state index contributed by atoms with van der Waals surface area (Å²) in [4.78, 5) is 12.9. The molecular weight excluding hydrogens is 252 g/mol. The van der Waals surface area contributed by atoms with Crippen LogP contribution in [-0.2, 0) is 6.42 Å². The molecule has 4 N–H and O–H groups in total. The number of pyridine rings is 1. The molecule has 0 bridgehead atoms. The van der Waals surface area contributed by atoms with E-state index in [1.807, 2.05) is 12.3 Å². The van der Waals surface area contributed by atoms with Crippen molar-refractivity contribution in [2.45, 2.75) is 26.2 Å². The number of hydrazine groups is 1. The molecule has 0 unspecified atom stereocenters. The predicted octanol–water partition coefficient (Wildman–Crippen LogP) is 1.94. The number of nitrogens with zero attached hydrogens (tertiary/aromatic N) is 3. The molecule has 2 aromatic heterocycles. The molecule has 6 nitrogen and oxygen atoms in total. The van der Waals surface area contributed by atoms with Gasteiger partial charge in [0.05, 0.1) is 0 Å². The molecule has 6 heteroatoms. The van der Waals surface area contributed by atoms with E-state index in [-0.39, 0.29) is 5.92 Å². The second-order valence-electron chi connectivity index (χ2n) is 4.83. The highest BCUT2D eigenvalue weighted by Gasteiger charge is 2.07. The minimum atomic E-state index is 0.252. The highest BCUT2D eigenvalue weighted by atomic mass is 15.3. The first-order valence-corrected chi connectivity index (χ1v) is 6.67. The fourth-order valence-electron chi connectivity index (χ4n) is 1.77. The number of hydrogen-bond acceptors (Lipinski definition) is 6. The zero-order valence-corrected chi connectivity index (χ0v) is 11.8. The van der Waals surface area contributed by atoms with Gasteiger partial charge >= 0.3 is 0 Å². The quantitative estimate of drug-likeness (QED) is 0.550. The smallest absolute Gasteiger partial charge is 0.145 e. The average Bonchev–Trinajstić information content (AvgIpc) is 2.48. The Morgan fingerprint density at radius 3 is 2.70 bits per heavy atom. The molecule has 0 radical (unpaired) electrons. The van der Waals surface area contributed by atoms with Crippen molar-refractivity contribution in [1.29, 1.82) is 0 Å². The van der Waals surface area contributed by atoms with Gasteiger partial charge in [0.25, 0.3) is 0 Å². The summed E-state index contributed by atoms with van der Waals surface area (Å²) in [6, 6.07) is 5.80. The van der Waals surface area contributed by atoms with Crippen LogP contribution in [0.5, 0.6) is 0 Å². The zero-order valence-electron chi connectivity index (χ0n) is 11.8. The van der Waals surface area contributed by atoms with Crippen molar-refractivity contribution in [1.82, 2.24) is 15.0 Å². The summed E-state index contributed by atoms with van der Waals surface area (Å²) in [6.07, 6.45) is 4.53. The molecule has 0 aliphatic heterocycles. The van der Waals surface area contributed by atoms with Crippen LogP contribution in [0, 0.1) is 0 Å². The van der Waals surface area contributed by atoms with Gasteiger partial charge in [-0.2, -0.15) is 0 Å². The van der Waals surface area contributed by atoms with Gasteiger partial charge in [-0.3, -0.25) is 4.98 Å². The standard InChI is InChI=1S/C14H20N6/c1-10(2)14-18-12(8-13(19-14)20-15)17-7-5-11-4-3-6-16-9-11/h3-4,6,8-10H,5,7,15H2,1-2H3,(H2,17,18,19,20). The summed E-state index contributed by atoms with van der Waals surface area (Å²) in [5.74, 6) is 7.85. The number of anilines is 2. The lowest BCUT2D eigenvalue weighted by atomic mass is 10.2. The highest BCUT2D eigenvalue weighted by molar-refractivity contribution is 5.47. The lowest BCUT2D eigenvalue weighted by molar-refractivity contribution is 0.775. The molecule has 2 rings (SSSR count). The van der Waals surface area contributed by atoms with Gasteiger partial charge in [0.1, 0.15) is 17.5 Å². The van der Waals surface area contributed by atoms with Gasteiger partial charge in [-0.05, 0) is 18.1 Å². The van der Waals surface area contributed by atoms with Crippen LogP contribution in [0.2, 0.25) is 0 Å². The van der Waals surface area contributed by atoms with Crippen molar-refractivity contribution in [3.8, 4) is 0 Å². The Labute approximate surface area is 118 Å². The first-order valence-electron chi connectivity index (χ1n) is 6.67. The molecule has 0 aromatic carbocycles. The van der Waals surface area contributed by atoms with Crippen LogP contribution in [0.3, 0.4) is 0 Å². The van der Waals surface area contributed by atoms with Gasteiger partial charge in [-0.25, -0.2) is 15.8 Å². The van der Waals surface area contributed by atoms with Crippen LogP contribution in [0.4, 0.5) is 11.6 Å². The lowest BCUT2D eigenvalue weighted by Gasteiger charge is -2.11. The van der Waals surface area contributed by atoms with Crippen molar-refractivity contribution in [2.24, 2.45) is 5.84 Å². The third-order valence-electron chi connectivity index (χ3n) is 2.85. The van der Waals surface area contributed by atoms with E-state index < -0.39 is 0 Å². The molecule has 0 fully saturated rings. The van der Waals surface area contributed by atoms with Gasteiger partial charge < -0.3 is 10.7 Å². The van der Waals surface area contributed by atoms with E-state index in [9.17, 15) is 0 Å². The van der Waals surface area contributed by atoms with Crippen LogP contribution in [-0.4, -0.2) is 21.5 Å². The van der Waals surface area contributed by atoms with Crippen molar-refractivity contribution in [2.75, 3.05) is 17.3 Å². The summed E-state index contributed by atoms with van der Waals surface area (Å²) >= 11 is 0. The van der Waals surface area contributed by atoms with E-state index in [4.69, 9.17) is 5.84 Å². The topological polar surface area (TPSA) is 88.8 Å². The number of hydrogen-bond donors (Lipinski definition) is 3. The van der Waals surface area contributed by atoms with Gasteiger partial charge in [0.2, 0.25) is 0 Å². The summed E-state index contributed by atoms with van der Waals surface area (Å²) in [5, 5.41) is 3.29. The fraction of sp³-hybridized carbons (Fsp3) is 0.357. The minimum absolute atomic E-state index is 0.252. The Kier molecular flexibility index (Phi) is 4.84.